The summed E-state index contributed by atoms with van der Waals surface area (Å²) in [6, 6.07) is 3.35. The zero-order valence-electron chi connectivity index (χ0n) is 20.5. The van der Waals surface area contributed by atoms with E-state index in [1.54, 1.807) is 0 Å². The van der Waals surface area contributed by atoms with Crippen molar-refractivity contribution in [3.63, 3.8) is 0 Å². The van der Waals surface area contributed by atoms with Gasteiger partial charge in [-0.25, -0.2) is 0 Å². The number of rotatable bonds is 18. The van der Waals surface area contributed by atoms with Crippen molar-refractivity contribution in [3.8, 4) is 0 Å². The zero-order valence-corrected chi connectivity index (χ0v) is 23.6. The minimum absolute atomic E-state index is 0.109. The van der Waals surface area contributed by atoms with E-state index in [1.165, 1.54) is 0 Å². The third-order valence-corrected chi connectivity index (χ3v) is 15.3. The Morgan fingerprint density at radius 3 is 1.80 bits per heavy atom. The molecule has 0 aromatic heterocycles. The van der Waals surface area contributed by atoms with Crippen LogP contribution in [-0.2, 0) is 27.5 Å². The van der Waals surface area contributed by atoms with Crippen LogP contribution in [0.4, 0.5) is 0 Å². The maximum Gasteiger partial charge on any atom is 0.187 e. The van der Waals surface area contributed by atoms with Crippen LogP contribution < -0.4 is 0 Å². The maximum absolute atomic E-state index is 6.69. The summed E-state index contributed by atoms with van der Waals surface area (Å²) in [5.41, 5.74) is -0.109. The number of ether oxygens (including phenoxy) is 4. The van der Waals surface area contributed by atoms with Gasteiger partial charge in [-0.2, -0.15) is 0 Å². The monoisotopic (exact) mass is 478 g/mol. The second-order valence-electron chi connectivity index (χ2n) is 10.8. The first kappa shape index (κ1) is 26.7. The summed E-state index contributed by atoms with van der Waals surface area (Å²) >= 11 is 0. The lowest BCUT2D eigenvalue weighted by Crippen LogP contribution is -2.45. The van der Waals surface area contributed by atoms with Gasteiger partial charge in [0.1, 0.15) is 12.2 Å². The average molecular weight is 479 g/mol. The van der Waals surface area contributed by atoms with E-state index in [4.69, 9.17) is 27.5 Å². The Kier molecular flexibility index (Phi) is 10.7. The van der Waals surface area contributed by atoms with Gasteiger partial charge in [0.2, 0.25) is 0 Å². The molecular formula is C21H46O6Si3. The van der Waals surface area contributed by atoms with Crippen LogP contribution in [0.25, 0.3) is 0 Å². The molecule has 3 unspecified atom stereocenters. The van der Waals surface area contributed by atoms with Gasteiger partial charge < -0.3 is 27.5 Å². The molecule has 2 heterocycles. The van der Waals surface area contributed by atoms with Gasteiger partial charge in [-0.15, -0.1) is 0 Å². The molecule has 2 aliphatic heterocycles. The van der Waals surface area contributed by atoms with E-state index in [2.05, 4.69) is 46.6 Å². The fourth-order valence-electron chi connectivity index (χ4n) is 4.14. The lowest BCUT2D eigenvalue weighted by molar-refractivity contribution is 0.105. The van der Waals surface area contributed by atoms with E-state index < -0.39 is 25.7 Å². The summed E-state index contributed by atoms with van der Waals surface area (Å²) in [7, 11) is -4.65. The predicted octanol–water partition coefficient (Wildman–Crippen LogP) is 4.17. The minimum Gasteiger partial charge on any atom is -0.458 e. The Hall–Kier alpha value is 0.411. The summed E-state index contributed by atoms with van der Waals surface area (Å²) in [4.78, 5) is 0. The normalized spacial score (nSPS) is 22.9. The molecule has 6 nitrogen and oxygen atoms in total. The van der Waals surface area contributed by atoms with Crippen LogP contribution in [-0.4, -0.2) is 83.1 Å². The Bertz CT molecular complexity index is 495. The van der Waals surface area contributed by atoms with Crippen molar-refractivity contribution in [2.24, 2.45) is 0 Å². The molecule has 9 heteroatoms. The molecule has 30 heavy (non-hydrogen) atoms. The van der Waals surface area contributed by atoms with Crippen molar-refractivity contribution in [3.05, 3.63) is 0 Å². The van der Waals surface area contributed by atoms with Gasteiger partial charge in [0.15, 0.2) is 25.7 Å². The van der Waals surface area contributed by atoms with Crippen molar-refractivity contribution in [1.29, 1.82) is 0 Å². The van der Waals surface area contributed by atoms with E-state index in [0.29, 0.717) is 12.2 Å². The molecule has 2 fully saturated rings. The van der Waals surface area contributed by atoms with Crippen LogP contribution in [0.15, 0.2) is 0 Å². The smallest absolute Gasteiger partial charge is 0.187 e. The van der Waals surface area contributed by atoms with Crippen LogP contribution in [0.5, 0.6) is 0 Å². The minimum atomic E-state index is -1.72. The molecule has 0 saturated carbocycles. The van der Waals surface area contributed by atoms with Gasteiger partial charge in [0, 0.05) is 13.2 Å². The second kappa shape index (κ2) is 12.0. The summed E-state index contributed by atoms with van der Waals surface area (Å²) in [5, 5.41) is 0. The predicted molar refractivity (Wildman–Crippen MR) is 129 cm³/mol. The van der Waals surface area contributed by atoms with E-state index in [9.17, 15) is 0 Å². The summed E-state index contributed by atoms with van der Waals surface area (Å²) in [5.74, 6) is 0. The molecule has 0 amide bonds. The van der Waals surface area contributed by atoms with E-state index in [0.717, 1.165) is 70.6 Å². The molecule has 178 valence electrons. The van der Waals surface area contributed by atoms with Crippen molar-refractivity contribution in [2.75, 3.05) is 39.6 Å². The molecule has 2 rings (SSSR count). The average Bonchev–Trinajstić information content (AvgIpc) is 3.46. The number of epoxide rings is 2. The summed E-state index contributed by atoms with van der Waals surface area (Å²) in [6.45, 7) is 21.0. The maximum atomic E-state index is 6.69. The van der Waals surface area contributed by atoms with Crippen molar-refractivity contribution in [2.45, 2.75) is 95.4 Å². The molecule has 0 N–H and O–H groups in total. The molecule has 0 spiro atoms. The Morgan fingerprint density at radius 1 is 0.867 bits per heavy atom. The number of hydrogen-bond acceptors (Lipinski definition) is 6. The standard InChI is InChI=1S/C21H46O6Si3/c1-21(2,26-29(4,5)12-8-10-22-14-19-16-24-19)18-28(3)27-30(6,7)13-9-11-23-15-20-17-25-20/h19-20,28H,8-18H2,1-7H3. The highest BCUT2D eigenvalue weighted by Crippen LogP contribution is 2.28. The second-order valence-corrected chi connectivity index (χ2v) is 22.0. The van der Waals surface area contributed by atoms with Crippen LogP contribution in [0, 0.1) is 0 Å². The first-order chi connectivity index (χ1) is 14.0. The van der Waals surface area contributed by atoms with Crippen molar-refractivity contribution < 1.29 is 27.5 Å². The highest BCUT2D eigenvalue weighted by molar-refractivity contribution is 6.78. The lowest BCUT2D eigenvalue weighted by atomic mass is 10.2. The summed E-state index contributed by atoms with van der Waals surface area (Å²) < 4.78 is 35.1. The van der Waals surface area contributed by atoms with Gasteiger partial charge in [-0.1, -0.05) is 0 Å². The third-order valence-electron chi connectivity index (χ3n) is 5.40. The SMILES string of the molecule is C[SiH](CC(C)(C)O[Si](C)(C)CCCOCC1CO1)O[Si](C)(C)CCCOCC1CO1. The first-order valence-corrected chi connectivity index (χ1v) is 20.4. The highest BCUT2D eigenvalue weighted by atomic mass is 28.4. The zero-order chi connectivity index (χ0) is 22.3. The quantitative estimate of drug-likeness (QED) is 0.167. The molecule has 0 aliphatic carbocycles. The van der Waals surface area contributed by atoms with E-state index in [-0.39, 0.29) is 5.60 Å². The van der Waals surface area contributed by atoms with Crippen LogP contribution >= 0.6 is 0 Å². The van der Waals surface area contributed by atoms with Crippen LogP contribution in [0.2, 0.25) is 50.9 Å². The van der Waals surface area contributed by atoms with E-state index >= 15 is 0 Å². The van der Waals surface area contributed by atoms with Gasteiger partial charge in [0.25, 0.3) is 0 Å². The molecule has 0 bridgehead atoms. The van der Waals surface area contributed by atoms with Crippen molar-refractivity contribution in [1.82, 2.24) is 0 Å². The van der Waals surface area contributed by atoms with Gasteiger partial charge in [-0.05, 0) is 77.6 Å². The topological polar surface area (TPSA) is 62.0 Å². The van der Waals surface area contributed by atoms with Crippen molar-refractivity contribution >= 4 is 25.7 Å². The largest absolute Gasteiger partial charge is 0.458 e. The molecule has 2 saturated heterocycles. The van der Waals surface area contributed by atoms with Gasteiger partial charge in [0.05, 0.1) is 32.0 Å². The molecule has 0 aromatic carbocycles. The van der Waals surface area contributed by atoms with Crippen LogP contribution in [0.3, 0.4) is 0 Å². The molecule has 0 aromatic rings. The molecule has 0 radical (unpaired) electrons. The Balaban J connectivity index is 1.60. The fourth-order valence-corrected chi connectivity index (χ4v) is 14.6. The Labute approximate surface area is 188 Å². The molecule has 2 aliphatic rings. The Morgan fingerprint density at radius 2 is 1.33 bits per heavy atom. The highest BCUT2D eigenvalue weighted by Gasteiger charge is 2.34. The van der Waals surface area contributed by atoms with Crippen LogP contribution in [0.1, 0.15) is 26.7 Å². The first-order valence-electron chi connectivity index (χ1n) is 11.7. The van der Waals surface area contributed by atoms with Gasteiger partial charge in [-0.3, -0.25) is 0 Å². The van der Waals surface area contributed by atoms with Gasteiger partial charge >= 0.3 is 0 Å². The third kappa shape index (κ3) is 13.1. The summed E-state index contributed by atoms with van der Waals surface area (Å²) in [6.07, 6.45) is 2.87. The molecular weight excluding hydrogens is 432 g/mol. The lowest BCUT2D eigenvalue weighted by Gasteiger charge is -2.38. The van der Waals surface area contributed by atoms with E-state index in [1.807, 2.05) is 0 Å². The fraction of sp³-hybridized carbons (Fsp3) is 1.00. The molecule has 3 atom stereocenters. The number of hydrogen-bond donors (Lipinski definition) is 0.